The van der Waals surface area contributed by atoms with E-state index in [-0.39, 0.29) is 0 Å². The molecule has 4 heteroatoms. The standard InChI is InChI=1S/C60H35N3S/c1-7-18-54-42(10-1)48-14-9-15-49-45-29-27-41(35-57(45)63(54)60(48)49)62-53-17-6-3-12-44(53)51-33-38(24-31-56(51)62)37-23-30-55-50(32-37)43-11-2-5-16-52(43)61(55)40-25-20-36(21-26-40)39-22-28-47-46-13-4-8-19-58(46)64-59(47)34-39/h1-35H. The minimum absolute atomic E-state index is 1.16. The minimum Gasteiger partial charge on any atom is -0.309 e. The molecule has 0 N–H and O–H groups in total. The van der Waals surface area contributed by atoms with Crippen LogP contribution in [0.2, 0.25) is 0 Å². The van der Waals surface area contributed by atoms with Gasteiger partial charge >= 0.3 is 0 Å². The number of para-hydroxylation sites is 4. The lowest BCUT2D eigenvalue weighted by atomic mass is 10.0. The van der Waals surface area contributed by atoms with Gasteiger partial charge in [0.15, 0.2) is 0 Å². The van der Waals surface area contributed by atoms with Crippen molar-refractivity contribution in [2.45, 2.75) is 0 Å². The largest absolute Gasteiger partial charge is 0.309 e. The first-order valence-corrected chi connectivity index (χ1v) is 22.8. The van der Waals surface area contributed by atoms with Gasteiger partial charge in [-0.1, -0.05) is 133 Å². The summed E-state index contributed by atoms with van der Waals surface area (Å²) < 4.78 is 10.0. The minimum atomic E-state index is 1.16. The summed E-state index contributed by atoms with van der Waals surface area (Å²) in [7, 11) is 0. The highest BCUT2D eigenvalue weighted by atomic mass is 32.1. The van der Waals surface area contributed by atoms with Crippen LogP contribution in [0, 0.1) is 0 Å². The van der Waals surface area contributed by atoms with Gasteiger partial charge in [-0.15, -0.1) is 11.3 Å². The van der Waals surface area contributed by atoms with E-state index in [1.165, 1.54) is 124 Å². The summed E-state index contributed by atoms with van der Waals surface area (Å²) in [4.78, 5) is 0. The van der Waals surface area contributed by atoms with E-state index in [0.29, 0.717) is 0 Å². The van der Waals surface area contributed by atoms with Crippen LogP contribution in [0.4, 0.5) is 0 Å². The smallest absolute Gasteiger partial charge is 0.0620 e. The van der Waals surface area contributed by atoms with Crippen molar-refractivity contribution in [2.75, 3.05) is 0 Å². The van der Waals surface area contributed by atoms with Crippen molar-refractivity contribution in [1.82, 2.24) is 13.5 Å². The first-order chi connectivity index (χ1) is 31.7. The van der Waals surface area contributed by atoms with Gasteiger partial charge in [-0.25, -0.2) is 0 Å². The highest BCUT2D eigenvalue weighted by Crippen LogP contribution is 2.43. The summed E-state index contributed by atoms with van der Waals surface area (Å²) in [6.45, 7) is 0. The molecule has 10 aromatic carbocycles. The predicted molar refractivity (Wildman–Crippen MR) is 274 cm³/mol. The number of fused-ring (bicyclic) bond motifs is 15. The number of rotatable bonds is 4. The van der Waals surface area contributed by atoms with Crippen molar-refractivity contribution in [2.24, 2.45) is 0 Å². The van der Waals surface area contributed by atoms with E-state index in [4.69, 9.17) is 0 Å². The summed E-state index contributed by atoms with van der Waals surface area (Å²) in [6.07, 6.45) is 0. The van der Waals surface area contributed by atoms with Gasteiger partial charge in [0.1, 0.15) is 0 Å². The van der Waals surface area contributed by atoms with E-state index in [9.17, 15) is 0 Å². The van der Waals surface area contributed by atoms with Crippen LogP contribution in [0.3, 0.4) is 0 Å². The molecule has 5 aromatic heterocycles. The maximum Gasteiger partial charge on any atom is 0.0620 e. The zero-order valence-electron chi connectivity index (χ0n) is 34.5. The normalized spacial score (nSPS) is 12.4. The van der Waals surface area contributed by atoms with Gasteiger partial charge in [0, 0.05) is 74.6 Å². The van der Waals surface area contributed by atoms with Gasteiger partial charge in [0.25, 0.3) is 0 Å². The number of nitrogens with zero attached hydrogens (tertiary/aromatic N) is 3. The summed E-state index contributed by atoms with van der Waals surface area (Å²) in [5, 5.41) is 12.9. The fourth-order valence-corrected chi connectivity index (χ4v) is 12.3. The fourth-order valence-electron chi connectivity index (χ4n) is 11.1. The molecule has 0 saturated carbocycles. The molecule has 0 aliphatic heterocycles. The molecule has 15 rings (SSSR count). The van der Waals surface area contributed by atoms with E-state index in [2.05, 4.69) is 226 Å². The summed E-state index contributed by atoms with van der Waals surface area (Å²) in [5.74, 6) is 0. The molecular weight excluding hydrogens is 795 g/mol. The van der Waals surface area contributed by atoms with E-state index >= 15 is 0 Å². The SMILES string of the molecule is c1ccc2c(c1)sc1cc(-c3ccc(-n4c5ccccc5c5cc(-c6ccc7c(c6)c6ccccc6n7-c6ccc7c8cccc9c%10ccccc%10n(c7c6)c98)ccc54)cc3)ccc12. The molecule has 0 radical (unpaired) electrons. The Hall–Kier alpha value is -8.18. The highest BCUT2D eigenvalue weighted by molar-refractivity contribution is 7.25. The molecule has 0 fully saturated rings. The fraction of sp³-hybridized carbons (Fsp3) is 0. The molecule has 15 aromatic rings. The lowest BCUT2D eigenvalue weighted by molar-refractivity contribution is 1.18. The zero-order chi connectivity index (χ0) is 41.6. The summed E-state index contributed by atoms with van der Waals surface area (Å²) in [5.41, 5.74) is 15.8. The Morgan fingerprint density at radius 2 is 0.703 bits per heavy atom. The molecule has 0 atom stereocenters. The second kappa shape index (κ2) is 12.7. The quantitative estimate of drug-likeness (QED) is 0.168. The predicted octanol–water partition coefficient (Wildman–Crippen LogP) is 16.7. The van der Waals surface area contributed by atoms with Gasteiger partial charge < -0.3 is 13.5 Å². The summed E-state index contributed by atoms with van der Waals surface area (Å²) >= 11 is 1.87. The molecular formula is C60H35N3S. The molecule has 0 aliphatic carbocycles. The van der Waals surface area contributed by atoms with Crippen LogP contribution in [0.25, 0.3) is 136 Å². The third kappa shape index (κ3) is 4.64. The van der Waals surface area contributed by atoms with Crippen LogP contribution in [0.15, 0.2) is 212 Å². The Morgan fingerprint density at radius 3 is 1.39 bits per heavy atom. The molecule has 296 valence electrons. The molecule has 0 amide bonds. The Bertz CT molecular complexity index is 4420. The van der Waals surface area contributed by atoms with E-state index < -0.39 is 0 Å². The third-order valence-electron chi connectivity index (χ3n) is 14.0. The first kappa shape index (κ1) is 34.4. The Labute approximate surface area is 370 Å². The van der Waals surface area contributed by atoms with Gasteiger partial charge in [-0.3, -0.25) is 0 Å². The highest BCUT2D eigenvalue weighted by Gasteiger charge is 2.20. The Balaban J connectivity index is 0.844. The molecule has 5 heterocycles. The number of thiophene rings is 1. The van der Waals surface area contributed by atoms with Crippen LogP contribution in [-0.4, -0.2) is 13.5 Å². The van der Waals surface area contributed by atoms with Gasteiger partial charge in [-0.2, -0.15) is 0 Å². The first-order valence-electron chi connectivity index (χ1n) is 22.0. The summed E-state index contributed by atoms with van der Waals surface area (Å²) in [6, 6.07) is 78.9. The maximum absolute atomic E-state index is 2.47. The van der Waals surface area contributed by atoms with Crippen molar-refractivity contribution >= 4 is 113 Å². The Kier molecular flexibility index (Phi) is 6.83. The van der Waals surface area contributed by atoms with Crippen LogP contribution in [-0.2, 0) is 0 Å². The lowest BCUT2D eigenvalue weighted by Crippen LogP contribution is -1.94. The molecule has 0 bridgehead atoms. The average Bonchev–Trinajstić information content (AvgIpc) is 4.15. The molecule has 64 heavy (non-hydrogen) atoms. The molecule has 0 spiro atoms. The molecule has 0 unspecified atom stereocenters. The third-order valence-corrected chi connectivity index (χ3v) is 15.1. The van der Waals surface area contributed by atoms with Crippen LogP contribution in [0.1, 0.15) is 0 Å². The van der Waals surface area contributed by atoms with Crippen molar-refractivity contribution in [3.8, 4) is 33.6 Å². The Morgan fingerprint density at radius 1 is 0.250 bits per heavy atom. The van der Waals surface area contributed by atoms with Crippen molar-refractivity contribution < 1.29 is 0 Å². The average molecular weight is 830 g/mol. The van der Waals surface area contributed by atoms with Crippen LogP contribution in [0.5, 0.6) is 0 Å². The molecule has 3 nitrogen and oxygen atoms in total. The molecule has 0 aliphatic rings. The number of benzene rings is 10. The van der Waals surface area contributed by atoms with Crippen LogP contribution < -0.4 is 0 Å². The van der Waals surface area contributed by atoms with Crippen molar-refractivity contribution in [3.05, 3.63) is 212 Å². The number of aromatic nitrogens is 3. The van der Waals surface area contributed by atoms with E-state index in [0.717, 1.165) is 11.4 Å². The lowest BCUT2D eigenvalue weighted by Gasteiger charge is -2.11. The number of hydrogen-bond acceptors (Lipinski definition) is 1. The maximum atomic E-state index is 2.47. The number of hydrogen-bond donors (Lipinski definition) is 0. The zero-order valence-corrected chi connectivity index (χ0v) is 35.3. The van der Waals surface area contributed by atoms with Gasteiger partial charge in [0.05, 0.1) is 38.6 Å². The van der Waals surface area contributed by atoms with Gasteiger partial charge in [0.2, 0.25) is 0 Å². The monoisotopic (exact) mass is 829 g/mol. The molecule has 0 saturated heterocycles. The second-order valence-corrected chi connectivity index (χ2v) is 18.4. The van der Waals surface area contributed by atoms with Crippen molar-refractivity contribution in [1.29, 1.82) is 0 Å². The van der Waals surface area contributed by atoms with Crippen molar-refractivity contribution in [3.63, 3.8) is 0 Å². The topological polar surface area (TPSA) is 14.3 Å². The van der Waals surface area contributed by atoms with E-state index in [1.807, 2.05) is 11.3 Å². The second-order valence-electron chi connectivity index (χ2n) is 17.3. The van der Waals surface area contributed by atoms with E-state index in [1.54, 1.807) is 0 Å². The van der Waals surface area contributed by atoms with Gasteiger partial charge in [-0.05, 0) is 101 Å². The van der Waals surface area contributed by atoms with Crippen LogP contribution >= 0.6 is 11.3 Å².